The summed E-state index contributed by atoms with van der Waals surface area (Å²) in [7, 11) is -4.00. The van der Waals surface area contributed by atoms with Crippen molar-refractivity contribution in [1.29, 1.82) is 0 Å². The molecule has 9 heteroatoms. The smallest absolute Gasteiger partial charge is 0.271 e. The normalized spacial score (nSPS) is 12.7. The van der Waals surface area contributed by atoms with E-state index in [4.69, 9.17) is 0 Å². The summed E-state index contributed by atoms with van der Waals surface area (Å²) in [4.78, 5) is 11.7. The van der Waals surface area contributed by atoms with E-state index in [2.05, 4.69) is 0 Å². The molecule has 28 heavy (non-hydrogen) atoms. The van der Waals surface area contributed by atoms with E-state index < -0.39 is 21.1 Å². The van der Waals surface area contributed by atoms with Gasteiger partial charge in [0.15, 0.2) is 0 Å². The summed E-state index contributed by atoms with van der Waals surface area (Å²) in [6, 6.07) is 13.3. The Morgan fingerprint density at radius 1 is 1.11 bits per heavy atom. The molecule has 0 amide bonds. The van der Waals surface area contributed by atoms with Gasteiger partial charge in [-0.1, -0.05) is 24.3 Å². The monoisotopic (exact) mass is 408 g/mol. The Morgan fingerprint density at radius 3 is 2.32 bits per heavy atom. The number of nitrogens with one attached hydrogen (secondary N) is 1. The van der Waals surface area contributed by atoms with Crippen molar-refractivity contribution in [1.82, 2.24) is 0 Å². The maximum absolute atomic E-state index is 13.2. The van der Waals surface area contributed by atoms with Crippen LogP contribution in [0.25, 0.3) is 0 Å². The molecule has 0 unspecified atom stereocenters. The third-order valence-corrected chi connectivity index (χ3v) is 6.37. The van der Waals surface area contributed by atoms with Crippen LogP contribution in [-0.2, 0) is 10.0 Å². The SMILES string of the molecule is CC[NH+](CC)C[C@@H](O)CN(c1cccc([N+](=O)[O-])c1)S(=O)(=O)c1ccccc1. The second kappa shape index (κ2) is 9.63. The molecule has 2 rings (SSSR count). The van der Waals surface area contributed by atoms with Crippen LogP contribution in [0.3, 0.4) is 0 Å². The molecule has 0 fully saturated rings. The lowest BCUT2D eigenvalue weighted by atomic mass is 10.2. The van der Waals surface area contributed by atoms with Crippen LogP contribution in [0.2, 0.25) is 0 Å². The van der Waals surface area contributed by atoms with Crippen molar-refractivity contribution in [3.63, 3.8) is 0 Å². The first-order valence-corrected chi connectivity index (χ1v) is 10.6. The van der Waals surface area contributed by atoms with Crippen molar-refractivity contribution in [2.24, 2.45) is 0 Å². The maximum atomic E-state index is 13.2. The molecule has 0 bridgehead atoms. The van der Waals surface area contributed by atoms with Gasteiger partial charge in [-0.2, -0.15) is 0 Å². The molecule has 1 atom stereocenters. The summed E-state index contributed by atoms with van der Waals surface area (Å²) in [5.41, 5.74) is -0.0683. The quantitative estimate of drug-likeness (QED) is 0.452. The summed E-state index contributed by atoms with van der Waals surface area (Å²) in [6.45, 7) is 5.77. The molecule has 0 spiro atoms. The number of nitrogens with zero attached hydrogens (tertiary/aromatic N) is 2. The number of non-ortho nitro benzene ring substituents is 1. The molecule has 0 aromatic heterocycles. The van der Waals surface area contributed by atoms with E-state index in [1.54, 1.807) is 18.2 Å². The van der Waals surface area contributed by atoms with Crippen LogP contribution in [-0.4, -0.2) is 50.7 Å². The number of quaternary nitrogens is 1. The highest BCUT2D eigenvalue weighted by Crippen LogP contribution is 2.27. The summed E-state index contributed by atoms with van der Waals surface area (Å²) in [5.74, 6) is 0. The third-order valence-electron chi connectivity index (χ3n) is 4.56. The predicted octanol–water partition coefficient (Wildman–Crippen LogP) is 1.08. The van der Waals surface area contributed by atoms with E-state index in [0.717, 1.165) is 22.3 Å². The molecule has 8 nitrogen and oxygen atoms in total. The van der Waals surface area contributed by atoms with Crippen molar-refractivity contribution in [3.8, 4) is 0 Å². The first kappa shape index (κ1) is 21.8. The van der Waals surface area contributed by atoms with E-state index >= 15 is 0 Å². The average molecular weight is 409 g/mol. The number of nitro groups is 1. The first-order valence-electron chi connectivity index (χ1n) is 9.13. The van der Waals surface area contributed by atoms with Crippen molar-refractivity contribution < 1.29 is 23.3 Å². The highest BCUT2D eigenvalue weighted by Gasteiger charge is 2.29. The molecule has 152 valence electrons. The van der Waals surface area contributed by atoms with Gasteiger partial charge in [0.25, 0.3) is 15.7 Å². The van der Waals surface area contributed by atoms with Gasteiger partial charge < -0.3 is 10.0 Å². The molecule has 0 heterocycles. The maximum Gasteiger partial charge on any atom is 0.271 e. The molecular formula is C19H26N3O5S+. The van der Waals surface area contributed by atoms with E-state index in [1.165, 1.54) is 36.4 Å². The van der Waals surface area contributed by atoms with E-state index in [0.29, 0.717) is 6.54 Å². The number of sulfonamides is 1. The Labute approximate surface area is 165 Å². The first-order chi connectivity index (χ1) is 13.3. The van der Waals surface area contributed by atoms with Crippen LogP contribution >= 0.6 is 0 Å². The van der Waals surface area contributed by atoms with Crippen LogP contribution in [0.5, 0.6) is 0 Å². The van der Waals surface area contributed by atoms with Gasteiger partial charge in [-0.05, 0) is 32.0 Å². The minimum atomic E-state index is -4.00. The van der Waals surface area contributed by atoms with Gasteiger partial charge in [0, 0.05) is 12.1 Å². The predicted molar refractivity (Wildman–Crippen MR) is 107 cm³/mol. The van der Waals surface area contributed by atoms with Crippen molar-refractivity contribution >= 4 is 21.4 Å². The highest BCUT2D eigenvalue weighted by atomic mass is 32.2. The van der Waals surface area contributed by atoms with Crippen LogP contribution in [0, 0.1) is 10.1 Å². The molecule has 0 aliphatic heterocycles. The number of nitro benzene ring substituents is 1. The number of hydrogen-bond donors (Lipinski definition) is 2. The number of anilines is 1. The van der Waals surface area contributed by atoms with Crippen molar-refractivity contribution in [2.45, 2.75) is 24.8 Å². The Hall–Kier alpha value is -2.49. The third kappa shape index (κ3) is 5.28. The van der Waals surface area contributed by atoms with E-state index in [9.17, 15) is 23.6 Å². The molecule has 2 aromatic carbocycles. The molecule has 0 aliphatic rings. The lowest BCUT2D eigenvalue weighted by molar-refractivity contribution is -0.899. The van der Waals surface area contributed by atoms with Crippen molar-refractivity contribution in [3.05, 3.63) is 64.7 Å². The van der Waals surface area contributed by atoms with Gasteiger partial charge >= 0.3 is 0 Å². The topological polar surface area (TPSA) is 105 Å². The van der Waals surface area contributed by atoms with Crippen LogP contribution in [0.4, 0.5) is 11.4 Å². The number of benzene rings is 2. The molecule has 2 N–H and O–H groups in total. The molecule has 2 aromatic rings. The number of rotatable bonds is 10. The van der Waals surface area contributed by atoms with Gasteiger partial charge in [0.2, 0.25) is 0 Å². The zero-order chi connectivity index (χ0) is 20.7. The average Bonchev–Trinajstić information content (AvgIpc) is 2.70. The zero-order valence-electron chi connectivity index (χ0n) is 16.0. The highest BCUT2D eigenvalue weighted by molar-refractivity contribution is 7.92. The number of hydrogen-bond acceptors (Lipinski definition) is 5. The second-order valence-electron chi connectivity index (χ2n) is 6.44. The molecule has 0 saturated carbocycles. The number of aliphatic hydroxyl groups is 1. The van der Waals surface area contributed by atoms with E-state index in [-0.39, 0.29) is 22.8 Å². The van der Waals surface area contributed by atoms with Crippen LogP contribution in [0.15, 0.2) is 59.5 Å². The standard InChI is InChI=1S/C19H25N3O5S/c1-3-20(4-2)14-18(23)15-21(16-9-8-10-17(13-16)22(24)25)28(26,27)19-11-6-5-7-12-19/h5-13,18,23H,3-4,14-15H2,1-2H3/p+1/t18-/m1/s1. The Bertz CT molecular complexity index is 885. The van der Waals surface area contributed by atoms with Crippen LogP contribution < -0.4 is 9.21 Å². The fourth-order valence-electron chi connectivity index (χ4n) is 2.95. The molecular weight excluding hydrogens is 382 g/mol. The minimum absolute atomic E-state index is 0.0592. The molecule has 0 saturated heterocycles. The fraction of sp³-hybridized carbons (Fsp3) is 0.368. The van der Waals surface area contributed by atoms with Gasteiger partial charge in [0.1, 0.15) is 12.6 Å². The second-order valence-corrected chi connectivity index (χ2v) is 8.30. The Kier molecular flexibility index (Phi) is 7.50. The van der Waals surface area contributed by atoms with Crippen LogP contribution in [0.1, 0.15) is 13.8 Å². The van der Waals surface area contributed by atoms with Crippen molar-refractivity contribution in [2.75, 3.05) is 30.5 Å². The van der Waals surface area contributed by atoms with Gasteiger partial charge in [-0.3, -0.25) is 14.4 Å². The van der Waals surface area contributed by atoms with Gasteiger partial charge in [-0.15, -0.1) is 0 Å². The Morgan fingerprint density at radius 2 is 1.75 bits per heavy atom. The largest absolute Gasteiger partial charge is 0.385 e. The minimum Gasteiger partial charge on any atom is -0.385 e. The fourth-order valence-corrected chi connectivity index (χ4v) is 4.47. The van der Waals surface area contributed by atoms with Gasteiger partial charge in [0.05, 0.1) is 35.1 Å². The molecule has 0 radical (unpaired) electrons. The zero-order valence-corrected chi connectivity index (χ0v) is 16.8. The lowest BCUT2D eigenvalue weighted by Gasteiger charge is -2.28. The van der Waals surface area contributed by atoms with Gasteiger partial charge in [-0.25, -0.2) is 8.42 Å². The summed E-state index contributed by atoms with van der Waals surface area (Å²) < 4.78 is 27.5. The number of likely N-dealkylation sites (N-methyl/N-ethyl adjacent to an activating group) is 1. The Balaban J connectivity index is 2.44. The lowest BCUT2D eigenvalue weighted by Crippen LogP contribution is -3.12. The molecule has 0 aliphatic carbocycles. The van der Waals surface area contributed by atoms with E-state index in [1.807, 2.05) is 13.8 Å². The summed E-state index contributed by atoms with van der Waals surface area (Å²) >= 11 is 0. The number of aliphatic hydroxyl groups excluding tert-OH is 1. The summed E-state index contributed by atoms with van der Waals surface area (Å²) in [6.07, 6.45) is -0.923. The summed E-state index contributed by atoms with van der Waals surface area (Å²) in [5, 5.41) is 21.7.